The van der Waals surface area contributed by atoms with E-state index in [1.54, 1.807) is 12.1 Å². The Hall–Kier alpha value is -1.00. The van der Waals surface area contributed by atoms with Crippen molar-refractivity contribution in [2.75, 3.05) is 0 Å². The first-order valence-corrected chi connectivity index (χ1v) is 3.55. The minimum Gasteiger partial charge on any atom is -0.192 e. The maximum atomic E-state index is 8.66. The van der Waals surface area contributed by atoms with E-state index in [4.69, 9.17) is 16.9 Å². The summed E-state index contributed by atoms with van der Waals surface area (Å²) in [4.78, 5) is 0. The third kappa shape index (κ3) is 1.36. The smallest absolute Gasteiger partial charge is 0.101 e. The summed E-state index contributed by atoms with van der Waals surface area (Å²) in [6, 6.07) is 5.53. The molecule has 0 heterocycles. The number of hydrogen-bond donors (Lipinski definition) is 0. The van der Waals surface area contributed by atoms with E-state index in [2.05, 4.69) is 6.92 Å². The van der Waals surface area contributed by atoms with Crippen molar-refractivity contribution in [2.45, 2.75) is 6.92 Å². The molecule has 0 spiro atoms. The quantitative estimate of drug-likeness (QED) is 0.579. The second kappa shape index (κ2) is 2.94. The van der Waals surface area contributed by atoms with Crippen molar-refractivity contribution in [3.8, 4) is 6.07 Å². The van der Waals surface area contributed by atoms with Gasteiger partial charge in [-0.05, 0) is 31.0 Å². The van der Waals surface area contributed by atoms with Gasteiger partial charge in [0.2, 0.25) is 0 Å². The third-order valence-electron chi connectivity index (χ3n) is 1.64. The lowest BCUT2D eigenvalue weighted by Crippen LogP contribution is -1.87. The van der Waals surface area contributed by atoms with Crippen LogP contribution in [0.15, 0.2) is 12.1 Å². The van der Waals surface area contributed by atoms with Crippen LogP contribution in [0.2, 0.25) is 5.02 Å². The highest BCUT2D eigenvalue weighted by Gasteiger charge is 2.03. The van der Waals surface area contributed by atoms with E-state index in [9.17, 15) is 0 Å². The van der Waals surface area contributed by atoms with Crippen LogP contribution in [0, 0.1) is 25.2 Å². The van der Waals surface area contributed by atoms with Crippen molar-refractivity contribution < 1.29 is 0 Å². The molecule has 55 valence electrons. The molecule has 1 radical (unpaired) electrons. The van der Waals surface area contributed by atoms with E-state index >= 15 is 0 Å². The zero-order chi connectivity index (χ0) is 8.43. The van der Waals surface area contributed by atoms with Gasteiger partial charge in [0.1, 0.15) is 6.07 Å². The number of rotatable bonds is 0. The van der Waals surface area contributed by atoms with E-state index in [0.29, 0.717) is 10.6 Å². The van der Waals surface area contributed by atoms with Crippen LogP contribution < -0.4 is 0 Å². The van der Waals surface area contributed by atoms with Gasteiger partial charge in [-0.25, -0.2) is 0 Å². The highest BCUT2D eigenvalue weighted by Crippen LogP contribution is 2.20. The van der Waals surface area contributed by atoms with Crippen LogP contribution in [-0.2, 0) is 0 Å². The summed E-state index contributed by atoms with van der Waals surface area (Å²) in [5.41, 5.74) is 2.24. The summed E-state index contributed by atoms with van der Waals surface area (Å²) in [6.45, 7) is 5.60. The Balaban J connectivity index is 3.44. The third-order valence-corrected chi connectivity index (χ3v) is 1.95. The molecule has 0 fully saturated rings. The van der Waals surface area contributed by atoms with Gasteiger partial charge in [0.05, 0.1) is 10.6 Å². The van der Waals surface area contributed by atoms with Crippen molar-refractivity contribution in [1.29, 1.82) is 5.26 Å². The van der Waals surface area contributed by atoms with E-state index in [1.165, 1.54) is 0 Å². The zero-order valence-electron chi connectivity index (χ0n) is 6.19. The summed E-state index contributed by atoms with van der Waals surface area (Å²) in [7, 11) is 0. The fourth-order valence-corrected chi connectivity index (χ4v) is 1.11. The zero-order valence-corrected chi connectivity index (χ0v) is 6.94. The van der Waals surface area contributed by atoms with Gasteiger partial charge >= 0.3 is 0 Å². The van der Waals surface area contributed by atoms with Crippen molar-refractivity contribution >= 4 is 11.6 Å². The average Bonchev–Trinajstić information content (AvgIpc) is 1.99. The molecule has 1 aromatic rings. The molecular weight excluding hydrogens is 158 g/mol. The summed E-state index contributed by atoms with van der Waals surface area (Å²) < 4.78 is 0. The molecule has 0 aliphatic rings. The molecule has 1 aromatic carbocycles. The van der Waals surface area contributed by atoms with Crippen molar-refractivity contribution in [3.05, 3.63) is 40.8 Å². The summed E-state index contributed by atoms with van der Waals surface area (Å²) >= 11 is 5.75. The van der Waals surface area contributed by atoms with Crippen molar-refractivity contribution in [1.82, 2.24) is 0 Å². The first-order chi connectivity index (χ1) is 5.16. The molecule has 1 nitrogen and oxygen atoms in total. The topological polar surface area (TPSA) is 23.8 Å². The highest BCUT2D eigenvalue weighted by molar-refractivity contribution is 6.31. The van der Waals surface area contributed by atoms with Gasteiger partial charge in [0.25, 0.3) is 0 Å². The largest absolute Gasteiger partial charge is 0.192 e. The van der Waals surface area contributed by atoms with Gasteiger partial charge in [-0.1, -0.05) is 17.7 Å². The number of nitrogens with zero attached hydrogens (tertiary/aromatic N) is 1. The maximum Gasteiger partial charge on any atom is 0.101 e. The van der Waals surface area contributed by atoms with Crippen LogP contribution >= 0.6 is 11.6 Å². The Kier molecular flexibility index (Phi) is 2.16. The van der Waals surface area contributed by atoms with Crippen molar-refractivity contribution in [2.24, 2.45) is 0 Å². The van der Waals surface area contributed by atoms with Crippen LogP contribution in [-0.4, -0.2) is 0 Å². The lowest BCUT2D eigenvalue weighted by molar-refractivity contribution is 1.36. The average molecular weight is 165 g/mol. The summed E-state index contributed by atoms with van der Waals surface area (Å²) in [5, 5.41) is 9.16. The molecule has 0 saturated heterocycles. The molecule has 0 aromatic heterocycles. The second-order valence-electron chi connectivity index (χ2n) is 2.32. The highest BCUT2D eigenvalue weighted by atomic mass is 35.5. The fourth-order valence-electron chi connectivity index (χ4n) is 0.859. The standard InChI is InChI=1S/C9H7ClN/c1-6-3-4-9(10)8(5-11)7(6)2/h3-4H,1H2,2H3. The molecule has 2 heteroatoms. The van der Waals surface area contributed by atoms with Gasteiger partial charge in [-0.3, -0.25) is 0 Å². The molecule has 0 atom stereocenters. The fraction of sp³-hybridized carbons (Fsp3) is 0.111. The van der Waals surface area contributed by atoms with E-state index in [-0.39, 0.29) is 0 Å². The van der Waals surface area contributed by atoms with Gasteiger partial charge in [-0.15, -0.1) is 0 Å². The molecule has 0 saturated carbocycles. The number of hydrogen-bond acceptors (Lipinski definition) is 1. The lowest BCUT2D eigenvalue weighted by atomic mass is 10.0. The Morgan fingerprint density at radius 2 is 2.18 bits per heavy atom. The normalized spacial score (nSPS) is 9.27. The Bertz CT molecular complexity index is 323. The lowest BCUT2D eigenvalue weighted by Gasteiger charge is -2.02. The Morgan fingerprint density at radius 1 is 1.55 bits per heavy atom. The van der Waals surface area contributed by atoms with Gasteiger partial charge in [0, 0.05) is 0 Å². The number of nitriles is 1. The van der Waals surface area contributed by atoms with Gasteiger partial charge in [0.15, 0.2) is 0 Å². The predicted molar refractivity (Wildman–Crippen MR) is 45.4 cm³/mol. The molecule has 0 amide bonds. The van der Waals surface area contributed by atoms with Crippen LogP contribution in [0.5, 0.6) is 0 Å². The molecule has 0 aliphatic carbocycles. The van der Waals surface area contributed by atoms with E-state index in [1.807, 2.05) is 13.0 Å². The SMILES string of the molecule is [CH2]c1ccc(Cl)c(C#N)c1C. The van der Waals surface area contributed by atoms with Crippen LogP contribution in [0.25, 0.3) is 0 Å². The predicted octanol–water partition coefficient (Wildman–Crippen LogP) is 2.70. The van der Waals surface area contributed by atoms with E-state index < -0.39 is 0 Å². The first-order valence-electron chi connectivity index (χ1n) is 3.18. The summed E-state index contributed by atoms with van der Waals surface area (Å²) in [5.74, 6) is 0. The molecule has 0 bridgehead atoms. The molecular formula is C9H7ClN. The summed E-state index contributed by atoms with van der Waals surface area (Å²) in [6.07, 6.45) is 0. The molecule has 1 rings (SSSR count). The minimum atomic E-state index is 0.498. The minimum absolute atomic E-state index is 0.498. The second-order valence-corrected chi connectivity index (χ2v) is 2.73. The molecule has 0 aliphatic heterocycles. The van der Waals surface area contributed by atoms with Gasteiger partial charge < -0.3 is 0 Å². The molecule has 0 N–H and O–H groups in total. The molecule has 11 heavy (non-hydrogen) atoms. The van der Waals surface area contributed by atoms with Crippen LogP contribution in [0.1, 0.15) is 16.7 Å². The molecule has 0 unspecified atom stereocenters. The Morgan fingerprint density at radius 3 is 2.64 bits per heavy atom. The Labute approximate surface area is 71.2 Å². The van der Waals surface area contributed by atoms with Gasteiger partial charge in [-0.2, -0.15) is 5.26 Å². The van der Waals surface area contributed by atoms with Crippen LogP contribution in [0.4, 0.5) is 0 Å². The van der Waals surface area contributed by atoms with Crippen LogP contribution in [0.3, 0.4) is 0 Å². The first kappa shape index (κ1) is 8.10. The number of halogens is 1. The monoisotopic (exact) mass is 164 g/mol. The number of benzene rings is 1. The maximum absolute atomic E-state index is 8.66. The van der Waals surface area contributed by atoms with Crippen molar-refractivity contribution in [3.63, 3.8) is 0 Å². The van der Waals surface area contributed by atoms with E-state index in [0.717, 1.165) is 11.1 Å².